The SMILES string of the molecule is Cc1ccc(-c2c(Br)c(C)nn2C)c(C)c1. The summed E-state index contributed by atoms with van der Waals surface area (Å²) in [7, 11) is 1.98. The van der Waals surface area contributed by atoms with Crippen molar-refractivity contribution in [3.05, 3.63) is 39.5 Å². The minimum absolute atomic E-state index is 1.03. The lowest BCUT2D eigenvalue weighted by Crippen LogP contribution is -1.95. The van der Waals surface area contributed by atoms with Gasteiger partial charge in [0.05, 0.1) is 15.9 Å². The smallest absolute Gasteiger partial charge is 0.0826 e. The van der Waals surface area contributed by atoms with Gasteiger partial charge < -0.3 is 0 Å². The fourth-order valence-electron chi connectivity index (χ4n) is 2.00. The van der Waals surface area contributed by atoms with Crippen LogP contribution in [-0.4, -0.2) is 9.78 Å². The van der Waals surface area contributed by atoms with Gasteiger partial charge in [-0.15, -0.1) is 0 Å². The Hall–Kier alpha value is -1.09. The third-order valence-electron chi connectivity index (χ3n) is 2.79. The summed E-state index contributed by atoms with van der Waals surface area (Å²) in [5.41, 5.74) is 5.98. The van der Waals surface area contributed by atoms with Gasteiger partial charge in [-0.05, 0) is 42.3 Å². The van der Waals surface area contributed by atoms with Gasteiger partial charge >= 0.3 is 0 Å². The van der Waals surface area contributed by atoms with E-state index in [9.17, 15) is 0 Å². The van der Waals surface area contributed by atoms with Crippen LogP contribution < -0.4 is 0 Å². The number of hydrogen-bond donors (Lipinski definition) is 0. The Morgan fingerprint density at radius 3 is 2.38 bits per heavy atom. The average Bonchev–Trinajstić information content (AvgIpc) is 2.43. The Morgan fingerprint density at radius 2 is 1.88 bits per heavy atom. The van der Waals surface area contributed by atoms with Crippen molar-refractivity contribution in [3.8, 4) is 11.3 Å². The molecule has 2 aromatic rings. The molecule has 0 atom stereocenters. The molecule has 0 bridgehead atoms. The van der Waals surface area contributed by atoms with Gasteiger partial charge in [0.25, 0.3) is 0 Å². The molecular formula is C13H15BrN2. The third-order valence-corrected chi connectivity index (χ3v) is 3.74. The Kier molecular flexibility index (Phi) is 2.89. The number of aryl methyl sites for hydroxylation is 4. The number of benzene rings is 1. The number of rotatable bonds is 1. The maximum absolute atomic E-state index is 4.42. The predicted octanol–water partition coefficient (Wildman–Crippen LogP) is 3.77. The van der Waals surface area contributed by atoms with E-state index in [0.717, 1.165) is 15.9 Å². The fraction of sp³-hybridized carbons (Fsp3) is 0.308. The van der Waals surface area contributed by atoms with E-state index < -0.39 is 0 Å². The minimum atomic E-state index is 1.03. The largest absolute Gasteiger partial charge is 0.266 e. The summed E-state index contributed by atoms with van der Waals surface area (Å²) in [5.74, 6) is 0. The fourth-order valence-corrected chi connectivity index (χ4v) is 2.55. The maximum Gasteiger partial charge on any atom is 0.0826 e. The van der Waals surface area contributed by atoms with Crippen LogP contribution in [0.3, 0.4) is 0 Å². The minimum Gasteiger partial charge on any atom is -0.266 e. The van der Waals surface area contributed by atoms with E-state index in [2.05, 4.69) is 53.1 Å². The van der Waals surface area contributed by atoms with Crippen molar-refractivity contribution >= 4 is 15.9 Å². The van der Waals surface area contributed by atoms with Crippen LogP contribution in [0.25, 0.3) is 11.3 Å². The Balaban J connectivity index is 2.67. The third kappa shape index (κ3) is 1.80. The van der Waals surface area contributed by atoms with E-state index in [-0.39, 0.29) is 0 Å². The van der Waals surface area contributed by atoms with Crippen LogP contribution in [0.4, 0.5) is 0 Å². The van der Waals surface area contributed by atoms with Crippen molar-refractivity contribution in [1.82, 2.24) is 9.78 Å². The Morgan fingerprint density at radius 1 is 1.19 bits per heavy atom. The molecule has 0 amide bonds. The molecule has 16 heavy (non-hydrogen) atoms. The zero-order valence-electron chi connectivity index (χ0n) is 10.0. The highest BCUT2D eigenvalue weighted by molar-refractivity contribution is 9.10. The van der Waals surface area contributed by atoms with Crippen LogP contribution in [0.1, 0.15) is 16.8 Å². The first-order valence-corrected chi connectivity index (χ1v) is 6.06. The highest BCUT2D eigenvalue weighted by Crippen LogP contribution is 2.32. The van der Waals surface area contributed by atoms with Crippen molar-refractivity contribution in [2.24, 2.45) is 7.05 Å². The van der Waals surface area contributed by atoms with Crippen LogP contribution in [0.15, 0.2) is 22.7 Å². The van der Waals surface area contributed by atoms with Gasteiger partial charge in [0.2, 0.25) is 0 Å². The number of halogens is 1. The lowest BCUT2D eigenvalue weighted by Gasteiger charge is -2.08. The van der Waals surface area contributed by atoms with Gasteiger partial charge in [0.1, 0.15) is 0 Å². The second-order valence-electron chi connectivity index (χ2n) is 4.19. The van der Waals surface area contributed by atoms with Gasteiger partial charge in [-0.1, -0.05) is 23.8 Å². The Labute approximate surface area is 104 Å². The monoisotopic (exact) mass is 278 g/mol. The molecule has 2 rings (SSSR count). The zero-order chi connectivity index (χ0) is 11.9. The van der Waals surface area contributed by atoms with Crippen molar-refractivity contribution in [2.75, 3.05) is 0 Å². The summed E-state index contributed by atoms with van der Waals surface area (Å²) in [6.07, 6.45) is 0. The summed E-state index contributed by atoms with van der Waals surface area (Å²) < 4.78 is 3.01. The van der Waals surface area contributed by atoms with Crippen molar-refractivity contribution in [3.63, 3.8) is 0 Å². The van der Waals surface area contributed by atoms with Crippen LogP contribution in [0.2, 0.25) is 0 Å². The summed E-state index contributed by atoms with van der Waals surface area (Å²) >= 11 is 3.61. The van der Waals surface area contributed by atoms with Crippen LogP contribution in [-0.2, 0) is 7.05 Å². The maximum atomic E-state index is 4.42. The number of nitrogens with zero attached hydrogens (tertiary/aromatic N) is 2. The second kappa shape index (κ2) is 4.06. The Bertz CT molecular complexity index is 541. The molecule has 0 aliphatic carbocycles. The van der Waals surface area contributed by atoms with Crippen LogP contribution in [0.5, 0.6) is 0 Å². The molecule has 0 aliphatic rings. The molecule has 2 nitrogen and oxygen atoms in total. The summed E-state index contributed by atoms with van der Waals surface area (Å²) in [5, 5.41) is 4.42. The van der Waals surface area contributed by atoms with Gasteiger partial charge in [-0.25, -0.2) is 0 Å². The van der Waals surface area contributed by atoms with E-state index >= 15 is 0 Å². The highest BCUT2D eigenvalue weighted by Gasteiger charge is 2.14. The van der Waals surface area contributed by atoms with Gasteiger partial charge in [-0.3, -0.25) is 4.68 Å². The van der Waals surface area contributed by atoms with Crippen molar-refractivity contribution in [1.29, 1.82) is 0 Å². The standard InChI is InChI=1S/C13H15BrN2/c1-8-5-6-11(9(2)7-8)13-12(14)10(3)15-16(13)4/h5-7H,1-4H3. The lowest BCUT2D eigenvalue weighted by atomic mass is 10.0. The molecule has 84 valence electrons. The van der Waals surface area contributed by atoms with E-state index in [1.165, 1.54) is 16.7 Å². The number of hydrogen-bond acceptors (Lipinski definition) is 1. The van der Waals surface area contributed by atoms with E-state index in [1.807, 2.05) is 18.7 Å². The summed E-state index contributed by atoms with van der Waals surface area (Å²) in [4.78, 5) is 0. The molecule has 0 unspecified atom stereocenters. The van der Waals surface area contributed by atoms with Gasteiger partial charge in [0.15, 0.2) is 0 Å². The molecule has 0 fully saturated rings. The molecule has 0 spiro atoms. The predicted molar refractivity (Wildman–Crippen MR) is 70.6 cm³/mol. The summed E-state index contributed by atoms with van der Waals surface area (Å²) in [6, 6.07) is 6.49. The normalized spacial score (nSPS) is 10.8. The lowest BCUT2D eigenvalue weighted by molar-refractivity contribution is 0.763. The molecule has 1 aromatic heterocycles. The first-order valence-electron chi connectivity index (χ1n) is 5.27. The average molecular weight is 279 g/mol. The topological polar surface area (TPSA) is 17.8 Å². The number of aromatic nitrogens is 2. The van der Waals surface area contributed by atoms with Crippen molar-refractivity contribution in [2.45, 2.75) is 20.8 Å². The second-order valence-corrected chi connectivity index (χ2v) is 4.98. The quantitative estimate of drug-likeness (QED) is 0.777. The van der Waals surface area contributed by atoms with E-state index in [1.54, 1.807) is 0 Å². The van der Waals surface area contributed by atoms with Crippen LogP contribution in [0, 0.1) is 20.8 Å². The van der Waals surface area contributed by atoms with Crippen LogP contribution >= 0.6 is 15.9 Å². The first-order chi connectivity index (χ1) is 7.50. The van der Waals surface area contributed by atoms with Gasteiger partial charge in [0, 0.05) is 12.6 Å². The van der Waals surface area contributed by atoms with Gasteiger partial charge in [-0.2, -0.15) is 5.10 Å². The zero-order valence-corrected chi connectivity index (χ0v) is 11.6. The molecule has 1 heterocycles. The highest BCUT2D eigenvalue weighted by atomic mass is 79.9. The van der Waals surface area contributed by atoms with Crippen molar-refractivity contribution < 1.29 is 0 Å². The molecule has 3 heteroatoms. The molecule has 0 saturated heterocycles. The van der Waals surface area contributed by atoms with E-state index in [4.69, 9.17) is 0 Å². The first kappa shape index (κ1) is 11.4. The molecule has 0 radical (unpaired) electrons. The summed E-state index contributed by atoms with van der Waals surface area (Å²) in [6.45, 7) is 6.26. The molecule has 0 aliphatic heterocycles. The molecule has 0 N–H and O–H groups in total. The molecular weight excluding hydrogens is 264 g/mol. The molecule has 1 aromatic carbocycles. The molecule has 0 saturated carbocycles. The van der Waals surface area contributed by atoms with E-state index in [0.29, 0.717) is 0 Å².